The van der Waals surface area contributed by atoms with Gasteiger partial charge in [0.2, 0.25) is 0 Å². The Morgan fingerprint density at radius 1 is 1.47 bits per heavy atom. The van der Waals surface area contributed by atoms with Crippen LogP contribution in [0.3, 0.4) is 0 Å². The van der Waals surface area contributed by atoms with E-state index in [9.17, 15) is 4.79 Å². The van der Waals surface area contributed by atoms with Crippen molar-refractivity contribution in [1.82, 2.24) is 4.90 Å². The van der Waals surface area contributed by atoms with Gasteiger partial charge in [0.1, 0.15) is 0 Å². The summed E-state index contributed by atoms with van der Waals surface area (Å²) < 4.78 is 9.71. The Morgan fingerprint density at radius 2 is 2.20 bits per heavy atom. The average Bonchev–Trinajstić information content (AvgIpc) is 2.18. The fourth-order valence-electron chi connectivity index (χ4n) is 1.09. The fourth-order valence-corrected chi connectivity index (χ4v) is 1.09. The van der Waals surface area contributed by atoms with Crippen LogP contribution in [0.5, 0.6) is 0 Å². The van der Waals surface area contributed by atoms with Crippen molar-refractivity contribution in [2.45, 2.75) is 13.3 Å². The van der Waals surface area contributed by atoms with Crippen LogP contribution in [0.4, 0.5) is 0 Å². The summed E-state index contributed by atoms with van der Waals surface area (Å²) in [6.07, 6.45) is 4.28. The van der Waals surface area contributed by atoms with E-state index in [1.54, 1.807) is 14.0 Å². The Hall–Kier alpha value is -0.870. The highest BCUT2D eigenvalue weighted by Crippen LogP contribution is 1.89. The standard InChI is InChI=1S/C11H21NO3/c1-4-15-11(13)7-5-8-12(2)9-6-10-14-3/h5,7H,4,6,8-10H2,1-3H3/b7-5+. The second-order valence-electron chi connectivity index (χ2n) is 3.26. The Morgan fingerprint density at radius 3 is 2.80 bits per heavy atom. The van der Waals surface area contributed by atoms with E-state index in [4.69, 9.17) is 9.47 Å². The van der Waals surface area contributed by atoms with Crippen LogP contribution in [0.25, 0.3) is 0 Å². The molecule has 0 atom stereocenters. The van der Waals surface area contributed by atoms with Gasteiger partial charge < -0.3 is 14.4 Å². The summed E-state index contributed by atoms with van der Waals surface area (Å²) in [6, 6.07) is 0. The Kier molecular flexibility index (Phi) is 9.11. The molecule has 0 aliphatic carbocycles. The number of carbonyl (C=O) groups is 1. The van der Waals surface area contributed by atoms with Crippen molar-refractivity contribution in [3.8, 4) is 0 Å². The lowest BCUT2D eigenvalue weighted by molar-refractivity contribution is -0.137. The van der Waals surface area contributed by atoms with Crippen LogP contribution in [-0.4, -0.2) is 51.3 Å². The van der Waals surface area contributed by atoms with Crippen LogP contribution in [0.1, 0.15) is 13.3 Å². The zero-order chi connectivity index (χ0) is 11.5. The average molecular weight is 215 g/mol. The summed E-state index contributed by atoms with van der Waals surface area (Å²) >= 11 is 0. The van der Waals surface area contributed by atoms with Crippen molar-refractivity contribution in [3.05, 3.63) is 12.2 Å². The summed E-state index contributed by atoms with van der Waals surface area (Å²) in [4.78, 5) is 13.1. The first-order valence-electron chi connectivity index (χ1n) is 5.21. The van der Waals surface area contributed by atoms with Gasteiger partial charge in [-0.1, -0.05) is 6.08 Å². The third-order valence-corrected chi connectivity index (χ3v) is 1.85. The monoisotopic (exact) mass is 215 g/mol. The molecule has 0 aromatic carbocycles. The molecule has 88 valence electrons. The van der Waals surface area contributed by atoms with Crippen molar-refractivity contribution in [2.24, 2.45) is 0 Å². The Balaban J connectivity index is 3.51. The number of esters is 1. The van der Waals surface area contributed by atoms with Gasteiger partial charge in [0, 0.05) is 32.9 Å². The zero-order valence-electron chi connectivity index (χ0n) is 9.86. The maximum Gasteiger partial charge on any atom is 0.330 e. The lowest BCUT2D eigenvalue weighted by atomic mass is 10.4. The van der Waals surface area contributed by atoms with Gasteiger partial charge in [0.15, 0.2) is 0 Å². The number of ether oxygens (including phenoxy) is 2. The summed E-state index contributed by atoms with van der Waals surface area (Å²) in [7, 11) is 3.70. The molecular formula is C11H21NO3. The number of hydrogen-bond acceptors (Lipinski definition) is 4. The van der Waals surface area contributed by atoms with Crippen LogP contribution >= 0.6 is 0 Å². The summed E-state index contributed by atoms with van der Waals surface area (Å²) in [5.74, 6) is -0.275. The van der Waals surface area contributed by atoms with E-state index in [1.807, 2.05) is 13.1 Å². The van der Waals surface area contributed by atoms with Crippen molar-refractivity contribution in [3.63, 3.8) is 0 Å². The van der Waals surface area contributed by atoms with E-state index in [0.717, 1.165) is 26.1 Å². The third kappa shape index (κ3) is 9.43. The number of hydrogen-bond donors (Lipinski definition) is 0. The van der Waals surface area contributed by atoms with Crippen molar-refractivity contribution >= 4 is 5.97 Å². The van der Waals surface area contributed by atoms with E-state index in [2.05, 4.69) is 4.90 Å². The van der Waals surface area contributed by atoms with Crippen molar-refractivity contribution < 1.29 is 14.3 Å². The van der Waals surface area contributed by atoms with Crippen LogP contribution in [0, 0.1) is 0 Å². The molecule has 4 heteroatoms. The Labute approximate surface area is 91.8 Å². The second kappa shape index (κ2) is 9.68. The highest BCUT2D eigenvalue weighted by atomic mass is 16.5. The predicted octanol–water partition coefficient (Wildman–Crippen LogP) is 1.07. The molecule has 0 heterocycles. The van der Waals surface area contributed by atoms with Gasteiger partial charge in [-0.3, -0.25) is 0 Å². The number of methoxy groups -OCH3 is 1. The minimum absolute atomic E-state index is 0.275. The smallest absolute Gasteiger partial charge is 0.330 e. The molecule has 0 N–H and O–H groups in total. The Bertz CT molecular complexity index is 192. The number of carbonyl (C=O) groups excluding carboxylic acids is 1. The molecule has 0 unspecified atom stereocenters. The lowest BCUT2D eigenvalue weighted by Crippen LogP contribution is -2.20. The van der Waals surface area contributed by atoms with E-state index in [0.29, 0.717) is 6.61 Å². The van der Waals surface area contributed by atoms with Gasteiger partial charge in [-0.05, 0) is 20.4 Å². The molecule has 0 saturated heterocycles. The number of nitrogens with zero attached hydrogens (tertiary/aromatic N) is 1. The van der Waals surface area contributed by atoms with Gasteiger partial charge in [-0.15, -0.1) is 0 Å². The van der Waals surface area contributed by atoms with Crippen LogP contribution < -0.4 is 0 Å². The molecule has 0 aliphatic heterocycles. The third-order valence-electron chi connectivity index (χ3n) is 1.85. The molecule has 0 amide bonds. The molecular weight excluding hydrogens is 194 g/mol. The first-order valence-corrected chi connectivity index (χ1v) is 5.21. The quantitative estimate of drug-likeness (QED) is 0.345. The first kappa shape index (κ1) is 14.1. The van der Waals surface area contributed by atoms with Crippen molar-refractivity contribution in [2.75, 3.05) is 40.5 Å². The SMILES string of the molecule is CCOC(=O)/C=C/CN(C)CCCOC. The molecule has 0 fully saturated rings. The van der Waals surface area contributed by atoms with Gasteiger partial charge in [-0.2, -0.15) is 0 Å². The molecule has 0 bridgehead atoms. The molecule has 4 nitrogen and oxygen atoms in total. The van der Waals surface area contributed by atoms with Gasteiger partial charge >= 0.3 is 5.97 Å². The van der Waals surface area contributed by atoms with E-state index < -0.39 is 0 Å². The molecule has 15 heavy (non-hydrogen) atoms. The minimum Gasteiger partial charge on any atom is -0.463 e. The number of likely N-dealkylation sites (N-methyl/N-ethyl adjacent to an activating group) is 1. The van der Waals surface area contributed by atoms with Crippen LogP contribution in [0.2, 0.25) is 0 Å². The summed E-state index contributed by atoms with van der Waals surface area (Å²) in [6.45, 7) is 4.70. The van der Waals surface area contributed by atoms with E-state index in [1.165, 1.54) is 6.08 Å². The highest BCUT2D eigenvalue weighted by Gasteiger charge is 1.96. The summed E-state index contributed by atoms with van der Waals surface area (Å²) in [5, 5.41) is 0. The second-order valence-corrected chi connectivity index (χ2v) is 3.26. The molecule has 0 aromatic heterocycles. The summed E-state index contributed by atoms with van der Waals surface area (Å²) in [5.41, 5.74) is 0. The lowest BCUT2D eigenvalue weighted by Gasteiger charge is -2.13. The van der Waals surface area contributed by atoms with Crippen LogP contribution in [-0.2, 0) is 14.3 Å². The van der Waals surface area contributed by atoms with E-state index >= 15 is 0 Å². The maximum absolute atomic E-state index is 10.9. The molecule has 0 saturated carbocycles. The molecule has 0 aliphatic rings. The molecule has 0 rings (SSSR count). The maximum atomic E-state index is 10.9. The van der Waals surface area contributed by atoms with Crippen molar-refractivity contribution in [1.29, 1.82) is 0 Å². The zero-order valence-corrected chi connectivity index (χ0v) is 9.86. The number of rotatable bonds is 8. The van der Waals surface area contributed by atoms with Gasteiger partial charge in [-0.25, -0.2) is 4.79 Å². The van der Waals surface area contributed by atoms with Crippen LogP contribution in [0.15, 0.2) is 12.2 Å². The van der Waals surface area contributed by atoms with Gasteiger partial charge in [0.25, 0.3) is 0 Å². The molecule has 0 radical (unpaired) electrons. The normalized spacial score (nSPS) is 11.2. The molecule has 0 aromatic rings. The highest BCUT2D eigenvalue weighted by molar-refractivity contribution is 5.81. The predicted molar refractivity (Wildman–Crippen MR) is 59.8 cm³/mol. The first-order chi connectivity index (χ1) is 7.20. The topological polar surface area (TPSA) is 38.8 Å². The minimum atomic E-state index is -0.275. The largest absolute Gasteiger partial charge is 0.463 e. The fraction of sp³-hybridized carbons (Fsp3) is 0.727. The van der Waals surface area contributed by atoms with Gasteiger partial charge in [0.05, 0.1) is 6.61 Å². The molecule has 0 spiro atoms. The van der Waals surface area contributed by atoms with E-state index in [-0.39, 0.29) is 5.97 Å².